The highest BCUT2D eigenvalue weighted by atomic mass is 79.9. The normalized spacial score (nSPS) is 20.8. The Balaban J connectivity index is 0.00000288. The molecule has 1 aliphatic rings. The molecule has 0 bridgehead atoms. The predicted molar refractivity (Wildman–Crippen MR) is 95.9 cm³/mol. The van der Waals surface area contributed by atoms with Gasteiger partial charge in [-0.2, -0.15) is 0 Å². The molecule has 8 heteroatoms. The Hall–Kier alpha value is -1.15. The molecule has 0 aromatic heterocycles. The van der Waals surface area contributed by atoms with Crippen LogP contribution in [0.3, 0.4) is 0 Å². The van der Waals surface area contributed by atoms with Crippen LogP contribution >= 0.6 is 28.3 Å². The quantitative estimate of drug-likeness (QED) is 0.687. The lowest BCUT2D eigenvalue weighted by atomic mass is 10.0. The number of hydrogen-bond acceptors (Lipinski definition) is 5. The van der Waals surface area contributed by atoms with E-state index in [2.05, 4.69) is 21.2 Å². The molecule has 1 aromatic rings. The first-order valence-corrected chi connectivity index (χ1v) is 8.31. The summed E-state index contributed by atoms with van der Waals surface area (Å²) < 4.78 is 11.2. The number of methoxy groups -OCH3 is 1. The van der Waals surface area contributed by atoms with Crippen LogP contribution in [0, 0.1) is 0 Å². The number of carbonyl (C=O) groups is 2. The monoisotopic (exact) mass is 420 g/mol. The van der Waals surface area contributed by atoms with E-state index < -0.39 is 12.1 Å². The number of ether oxygens (including phenoxy) is 2. The highest BCUT2D eigenvalue weighted by Gasteiger charge is 2.31. The fourth-order valence-electron chi connectivity index (χ4n) is 2.53. The molecule has 24 heavy (non-hydrogen) atoms. The van der Waals surface area contributed by atoms with Crippen molar-refractivity contribution in [1.82, 2.24) is 5.32 Å². The summed E-state index contributed by atoms with van der Waals surface area (Å²) in [5.41, 5.74) is 6.40. The molecular weight excluding hydrogens is 400 g/mol. The minimum absolute atomic E-state index is 0. The van der Waals surface area contributed by atoms with Crippen molar-refractivity contribution in [2.45, 2.75) is 37.5 Å². The van der Waals surface area contributed by atoms with Gasteiger partial charge in [-0.25, -0.2) is 0 Å². The van der Waals surface area contributed by atoms with E-state index in [1.165, 1.54) is 7.11 Å². The third-order valence-electron chi connectivity index (χ3n) is 3.85. The lowest BCUT2D eigenvalue weighted by Gasteiger charge is -2.21. The number of benzene rings is 1. The Morgan fingerprint density at radius 1 is 1.38 bits per heavy atom. The van der Waals surface area contributed by atoms with Crippen LogP contribution in [-0.4, -0.2) is 37.7 Å². The average Bonchev–Trinajstić information content (AvgIpc) is 3.04. The number of halogens is 2. The zero-order valence-corrected chi connectivity index (χ0v) is 15.8. The Morgan fingerprint density at radius 3 is 2.58 bits per heavy atom. The van der Waals surface area contributed by atoms with Gasteiger partial charge in [0.1, 0.15) is 6.10 Å². The summed E-state index contributed by atoms with van der Waals surface area (Å²) in [5, 5.41) is 2.88. The van der Waals surface area contributed by atoms with Gasteiger partial charge in [0.25, 0.3) is 0 Å². The molecule has 0 saturated carbocycles. The number of carbonyl (C=O) groups excluding carboxylic acids is 2. The maximum Gasteiger partial charge on any atom is 0.307 e. The Bertz CT molecular complexity index is 556. The lowest BCUT2D eigenvalue weighted by Crippen LogP contribution is -2.38. The van der Waals surface area contributed by atoms with Gasteiger partial charge in [0, 0.05) is 11.0 Å². The van der Waals surface area contributed by atoms with E-state index in [-0.39, 0.29) is 36.8 Å². The molecule has 6 nitrogen and oxygen atoms in total. The molecule has 1 amide bonds. The number of hydrogen-bond donors (Lipinski definition) is 2. The van der Waals surface area contributed by atoms with Crippen LogP contribution in [0.1, 0.15) is 30.9 Å². The highest BCUT2D eigenvalue weighted by Crippen LogP contribution is 2.23. The van der Waals surface area contributed by atoms with Crippen molar-refractivity contribution in [3.05, 3.63) is 34.3 Å². The van der Waals surface area contributed by atoms with E-state index in [9.17, 15) is 9.59 Å². The Labute approximate surface area is 156 Å². The molecule has 3 N–H and O–H groups in total. The summed E-state index contributed by atoms with van der Waals surface area (Å²) in [6.45, 7) is 0.405. The highest BCUT2D eigenvalue weighted by molar-refractivity contribution is 9.10. The molecule has 1 saturated heterocycles. The Kier molecular flexibility index (Phi) is 8.69. The van der Waals surface area contributed by atoms with E-state index in [0.717, 1.165) is 16.5 Å². The SMILES string of the molecule is COC(=O)CC(NC(=O)[C@@H]1CC[C@H](CN)O1)c1ccc(Br)cc1.Cl. The third-order valence-corrected chi connectivity index (χ3v) is 4.38. The first-order valence-electron chi connectivity index (χ1n) is 7.51. The molecule has 1 unspecified atom stereocenters. The van der Waals surface area contributed by atoms with Crippen molar-refractivity contribution in [2.75, 3.05) is 13.7 Å². The fraction of sp³-hybridized carbons (Fsp3) is 0.500. The number of nitrogens with one attached hydrogen (secondary N) is 1. The van der Waals surface area contributed by atoms with Crippen molar-refractivity contribution in [1.29, 1.82) is 0 Å². The summed E-state index contributed by atoms with van der Waals surface area (Å²) in [6, 6.07) is 6.99. The summed E-state index contributed by atoms with van der Waals surface area (Å²) in [5.74, 6) is -0.608. The van der Waals surface area contributed by atoms with Crippen LogP contribution in [-0.2, 0) is 19.1 Å². The van der Waals surface area contributed by atoms with Crippen LogP contribution in [0.25, 0.3) is 0 Å². The molecule has 1 fully saturated rings. The molecule has 1 aromatic carbocycles. The second kappa shape index (κ2) is 9.98. The van der Waals surface area contributed by atoms with E-state index >= 15 is 0 Å². The predicted octanol–water partition coefficient (Wildman–Crippen LogP) is 2.10. The zero-order valence-electron chi connectivity index (χ0n) is 13.4. The van der Waals surface area contributed by atoms with Crippen LogP contribution < -0.4 is 11.1 Å². The molecule has 0 aliphatic carbocycles. The van der Waals surface area contributed by atoms with Gasteiger partial charge in [0.05, 0.1) is 25.7 Å². The van der Waals surface area contributed by atoms with Crippen molar-refractivity contribution in [3.63, 3.8) is 0 Å². The number of esters is 1. The van der Waals surface area contributed by atoms with Crippen molar-refractivity contribution >= 4 is 40.2 Å². The molecule has 1 heterocycles. The van der Waals surface area contributed by atoms with Gasteiger partial charge in [0.15, 0.2) is 0 Å². The van der Waals surface area contributed by atoms with Crippen molar-refractivity contribution < 1.29 is 19.1 Å². The molecule has 134 valence electrons. The molecule has 0 spiro atoms. The number of nitrogens with two attached hydrogens (primary N) is 1. The fourth-order valence-corrected chi connectivity index (χ4v) is 2.80. The molecule has 3 atom stereocenters. The zero-order chi connectivity index (χ0) is 16.8. The van der Waals surface area contributed by atoms with Crippen LogP contribution in [0.15, 0.2) is 28.7 Å². The van der Waals surface area contributed by atoms with Gasteiger partial charge in [-0.3, -0.25) is 9.59 Å². The molecular formula is C16H22BrClN2O4. The minimum atomic E-state index is -0.515. The van der Waals surface area contributed by atoms with E-state index in [0.29, 0.717) is 13.0 Å². The number of rotatable bonds is 6. The largest absolute Gasteiger partial charge is 0.469 e. The van der Waals surface area contributed by atoms with E-state index in [1.54, 1.807) is 0 Å². The van der Waals surface area contributed by atoms with Crippen LogP contribution in [0.4, 0.5) is 0 Å². The van der Waals surface area contributed by atoms with E-state index in [4.69, 9.17) is 15.2 Å². The Morgan fingerprint density at radius 2 is 2.04 bits per heavy atom. The summed E-state index contributed by atoms with van der Waals surface area (Å²) >= 11 is 3.37. The second-order valence-corrected chi connectivity index (χ2v) is 6.37. The average molecular weight is 422 g/mol. The number of amides is 1. The summed E-state index contributed by atoms with van der Waals surface area (Å²) in [4.78, 5) is 24.0. The second-order valence-electron chi connectivity index (χ2n) is 5.45. The molecule has 2 rings (SSSR count). The molecule has 0 radical (unpaired) electrons. The first kappa shape index (κ1) is 20.9. The lowest BCUT2D eigenvalue weighted by molar-refractivity contribution is -0.141. The van der Waals surface area contributed by atoms with Crippen LogP contribution in [0.2, 0.25) is 0 Å². The summed E-state index contributed by atoms with van der Waals surface area (Å²) in [7, 11) is 1.33. The van der Waals surface area contributed by atoms with Gasteiger partial charge in [-0.1, -0.05) is 28.1 Å². The first-order chi connectivity index (χ1) is 11.0. The van der Waals surface area contributed by atoms with Crippen molar-refractivity contribution in [3.8, 4) is 0 Å². The van der Waals surface area contributed by atoms with Gasteiger partial charge >= 0.3 is 5.97 Å². The van der Waals surface area contributed by atoms with E-state index in [1.807, 2.05) is 24.3 Å². The van der Waals surface area contributed by atoms with Gasteiger partial charge in [0.2, 0.25) is 5.91 Å². The van der Waals surface area contributed by atoms with Gasteiger partial charge < -0.3 is 20.5 Å². The standard InChI is InChI=1S/C16H21BrN2O4.ClH/c1-22-15(20)8-13(10-2-4-11(17)5-3-10)19-16(21)14-7-6-12(9-18)23-14;/h2-5,12-14H,6-9,18H2,1H3,(H,19,21);1H/t12-,13?,14+;/m1./s1. The summed E-state index contributed by atoms with van der Waals surface area (Å²) in [6.07, 6.45) is 0.890. The molecule has 1 aliphatic heterocycles. The van der Waals surface area contributed by atoms with Gasteiger partial charge in [-0.05, 0) is 30.5 Å². The topological polar surface area (TPSA) is 90.7 Å². The maximum absolute atomic E-state index is 12.4. The van der Waals surface area contributed by atoms with Crippen LogP contribution in [0.5, 0.6) is 0 Å². The maximum atomic E-state index is 12.4. The van der Waals surface area contributed by atoms with Crippen molar-refractivity contribution in [2.24, 2.45) is 5.73 Å². The smallest absolute Gasteiger partial charge is 0.307 e. The third kappa shape index (κ3) is 5.73. The van der Waals surface area contributed by atoms with Gasteiger partial charge in [-0.15, -0.1) is 12.4 Å². The minimum Gasteiger partial charge on any atom is -0.469 e.